The first-order valence-corrected chi connectivity index (χ1v) is 8.20. The molecule has 3 rings (SSSR count). The number of aliphatic hydroxyl groups excluding tert-OH is 1. The Bertz CT molecular complexity index is 853. The minimum absolute atomic E-state index is 0.205. The number of aliphatic hydroxyl groups is 1. The maximum atomic E-state index is 12.6. The van der Waals surface area contributed by atoms with Gasteiger partial charge in [0.15, 0.2) is 5.65 Å². The quantitative estimate of drug-likeness (QED) is 0.768. The number of rotatable bonds is 4. The summed E-state index contributed by atoms with van der Waals surface area (Å²) in [6, 6.07) is 5.72. The van der Waals surface area contributed by atoms with Crippen molar-refractivity contribution in [2.75, 3.05) is 6.54 Å². The first-order chi connectivity index (χ1) is 11.0. The van der Waals surface area contributed by atoms with Crippen LogP contribution in [0.1, 0.15) is 23.0 Å². The second-order valence-corrected chi connectivity index (χ2v) is 6.45. The Labute approximate surface area is 137 Å². The molecular formula is C16H18N4O2S. The van der Waals surface area contributed by atoms with Crippen molar-refractivity contribution in [2.45, 2.75) is 20.0 Å². The standard InChI is InChI=1S/C16H18N4O2S/c1-9(21)8-17-16(22)11-7-12(13-5-4-6-23-13)18-15-14(11)10(2)19-20(15)3/h4-7,9,21H,8H2,1-3H3,(H,17,22). The Kier molecular flexibility index (Phi) is 4.14. The molecule has 0 fully saturated rings. The van der Waals surface area contributed by atoms with Crippen LogP contribution in [0.4, 0.5) is 0 Å². The lowest BCUT2D eigenvalue weighted by atomic mass is 10.1. The minimum atomic E-state index is -0.594. The number of aromatic nitrogens is 3. The molecule has 0 aliphatic rings. The normalized spacial score (nSPS) is 12.5. The molecule has 0 aromatic carbocycles. The highest BCUT2D eigenvalue weighted by molar-refractivity contribution is 7.13. The molecule has 0 spiro atoms. The second kappa shape index (κ2) is 6.10. The number of hydrogen-bond donors (Lipinski definition) is 2. The van der Waals surface area contributed by atoms with Crippen LogP contribution in [0.5, 0.6) is 0 Å². The van der Waals surface area contributed by atoms with Crippen molar-refractivity contribution in [1.82, 2.24) is 20.1 Å². The largest absolute Gasteiger partial charge is 0.392 e. The maximum absolute atomic E-state index is 12.6. The highest BCUT2D eigenvalue weighted by atomic mass is 32.1. The molecule has 0 aliphatic carbocycles. The van der Waals surface area contributed by atoms with Crippen LogP contribution >= 0.6 is 11.3 Å². The van der Waals surface area contributed by atoms with E-state index in [4.69, 9.17) is 0 Å². The Morgan fingerprint density at radius 3 is 2.96 bits per heavy atom. The summed E-state index contributed by atoms with van der Waals surface area (Å²) in [4.78, 5) is 18.2. The average molecular weight is 330 g/mol. The van der Waals surface area contributed by atoms with E-state index in [1.807, 2.05) is 31.5 Å². The average Bonchev–Trinajstić information content (AvgIpc) is 3.13. The summed E-state index contributed by atoms with van der Waals surface area (Å²) >= 11 is 1.57. The molecule has 3 aromatic heterocycles. The smallest absolute Gasteiger partial charge is 0.252 e. The van der Waals surface area contributed by atoms with Crippen molar-refractivity contribution >= 4 is 28.3 Å². The summed E-state index contributed by atoms with van der Waals surface area (Å²) in [5.41, 5.74) is 2.72. The van der Waals surface area contributed by atoms with Gasteiger partial charge in [-0.1, -0.05) is 6.07 Å². The molecule has 0 aliphatic heterocycles. The van der Waals surface area contributed by atoms with Gasteiger partial charge < -0.3 is 10.4 Å². The number of aryl methyl sites for hydroxylation is 2. The fourth-order valence-corrected chi connectivity index (χ4v) is 3.20. The third-order valence-corrected chi connectivity index (χ3v) is 4.44. The van der Waals surface area contributed by atoms with E-state index in [0.29, 0.717) is 11.2 Å². The van der Waals surface area contributed by atoms with Crippen molar-refractivity contribution in [3.05, 3.63) is 34.8 Å². The van der Waals surface area contributed by atoms with Gasteiger partial charge in [0.2, 0.25) is 0 Å². The molecule has 23 heavy (non-hydrogen) atoms. The number of nitrogens with one attached hydrogen (secondary N) is 1. The first-order valence-electron chi connectivity index (χ1n) is 7.32. The van der Waals surface area contributed by atoms with Crippen molar-refractivity contribution in [2.24, 2.45) is 7.05 Å². The summed E-state index contributed by atoms with van der Waals surface area (Å²) in [6.45, 7) is 3.70. The third kappa shape index (κ3) is 2.97. The van der Waals surface area contributed by atoms with Gasteiger partial charge in [0.05, 0.1) is 33.3 Å². The van der Waals surface area contributed by atoms with Crippen LogP contribution in [-0.2, 0) is 7.05 Å². The van der Waals surface area contributed by atoms with Crippen LogP contribution in [0.2, 0.25) is 0 Å². The highest BCUT2D eigenvalue weighted by Gasteiger charge is 2.19. The van der Waals surface area contributed by atoms with E-state index >= 15 is 0 Å². The number of hydrogen-bond acceptors (Lipinski definition) is 5. The molecule has 0 saturated heterocycles. The number of nitrogens with zero attached hydrogens (tertiary/aromatic N) is 3. The fourth-order valence-electron chi connectivity index (χ4n) is 2.51. The Morgan fingerprint density at radius 1 is 1.52 bits per heavy atom. The molecule has 6 nitrogen and oxygen atoms in total. The van der Waals surface area contributed by atoms with E-state index in [2.05, 4.69) is 15.4 Å². The van der Waals surface area contributed by atoms with Gasteiger partial charge in [0.25, 0.3) is 5.91 Å². The maximum Gasteiger partial charge on any atom is 0.252 e. The molecule has 3 heterocycles. The zero-order valence-corrected chi connectivity index (χ0v) is 14.0. The number of amides is 1. The number of pyridine rings is 1. The van der Waals surface area contributed by atoms with Gasteiger partial charge in [0.1, 0.15) is 0 Å². The van der Waals surface area contributed by atoms with Gasteiger partial charge in [-0.25, -0.2) is 4.98 Å². The number of fused-ring (bicyclic) bond motifs is 1. The predicted octanol–water partition coefficient (Wildman–Crippen LogP) is 2.12. The zero-order valence-electron chi connectivity index (χ0n) is 13.2. The lowest BCUT2D eigenvalue weighted by molar-refractivity contribution is 0.0925. The van der Waals surface area contributed by atoms with Gasteiger partial charge >= 0.3 is 0 Å². The monoisotopic (exact) mass is 330 g/mol. The van der Waals surface area contributed by atoms with Crippen molar-refractivity contribution in [1.29, 1.82) is 0 Å². The van der Waals surface area contributed by atoms with E-state index < -0.39 is 6.10 Å². The molecule has 1 amide bonds. The Balaban J connectivity index is 2.15. The van der Waals surface area contributed by atoms with Crippen LogP contribution in [-0.4, -0.2) is 38.4 Å². The first kappa shape index (κ1) is 15.6. The molecule has 1 atom stereocenters. The van der Waals surface area contributed by atoms with Crippen molar-refractivity contribution in [3.63, 3.8) is 0 Å². The van der Waals surface area contributed by atoms with Crippen molar-refractivity contribution in [3.8, 4) is 10.6 Å². The SMILES string of the molecule is Cc1nn(C)c2nc(-c3cccs3)cc(C(=O)NCC(C)O)c12. The van der Waals surface area contributed by atoms with Crippen LogP contribution in [0.3, 0.4) is 0 Å². The van der Waals surface area contributed by atoms with E-state index in [0.717, 1.165) is 21.7 Å². The lowest BCUT2D eigenvalue weighted by Gasteiger charge is -2.09. The van der Waals surface area contributed by atoms with Gasteiger partial charge in [0, 0.05) is 13.6 Å². The lowest BCUT2D eigenvalue weighted by Crippen LogP contribution is -2.30. The molecule has 0 bridgehead atoms. The highest BCUT2D eigenvalue weighted by Crippen LogP contribution is 2.29. The third-order valence-electron chi connectivity index (χ3n) is 3.54. The van der Waals surface area contributed by atoms with Gasteiger partial charge in [-0.2, -0.15) is 5.10 Å². The second-order valence-electron chi connectivity index (χ2n) is 5.50. The summed E-state index contributed by atoms with van der Waals surface area (Å²) in [5, 5.41) is 19.2. The summed E-state index contributed by atoms with van der Waals surface area (Å²) < 4.78 is 1.69. The summed E-state index contributed by atoms with van der Waals surface area (Å²) in [7, 11) is 1.82. The summed E-state index contributed by atoms with van der Waals surface area (Å²) in [6.07, 6.45) is -0.594. The Hall–Kier alpha value is -2.25. The van der Waals surface area contributed by atoms with E-state index in [1.54, 1.807) is 29.0 Å². The predicted molar refractivity (Wildman–Crippen MR) is 90.6 cm³/mol. The van der Waals surface area contributed by atoms with Crippen LogP contribution < -0.4 is 5.32 Å². The molecule has 0 radical (unpaired) electrons. The molecule has 7 heteroatoms. The molecular weight excluding hydrogens is 312 g/mol. The number of carbonyl (C=O) groups is 1. The fraction of sp³-hybridized carbons (Fsp3) is 0.312. The minimum Gasteiger partial charge on any atom is -0.392 e. The van der Waals surface area contributed by atoms with E-state index in [1.165, 1.54) is 0 Å². The summed E-state index contributed by atoms with van der Waals surface area (Å²) in [5.74, 6) is -0.229. The van der Waals surface area contributed by atoms with Crippen LogP contribution in [0.25, 0.3) is 21.6 Å². The topological polar surface area (TPSA) is 80.0 Å². The zero-order chi connectivity index (χ0) is 16.6. The van der Waals surface area contributed by atoms with E-state index in [9.17, 15) is 9.90 Å². The van der Waals surface area contributed by atoms with Crippen molar-refractivity contribution < 1.29 is 9.90 Å². The van der Waals surface area contributed by atoms with Gasteiger partial charge in [-0.15, -0.1) is 11.3 Å². The van der Waals surface area contributed by atoms with Gasteiger partial charge in [-0.3, -0.25) is 9.48 Å². The molecule has 2 N–H and O–H groups in total. The van der Waals surface area contributed by atoms with Crippen LogP contribution in [0.15, 0.2) is 23.6 Å². The molecule has 3 aromatic rings. The molecule has 0 saturated carbocycles. The van der Waals surface area contributed by atoms with Gasteiger partial charge in [-0.05, 0) is 31.4 Å². The van der Waals surface area contributed by atoms with E-state index in [-0.39, 0.29) is 12.5 Å². The number of carbonyl (C=O) groups excluding carboxylic acids is 1. The molecule has 1 unspecified atom stereocenters. The number of thiophene rings is 1. The molecule has 120 valence electrons. The van der Waals surface area contributed by atoms with Crippen LogP contribution in [0, 0.1) is 6.92 Å². The Morgan fingerprint density at radius 2 is 2.30 bits per heavy atom.